The van der Waals surface area contributed by atoms with Gasteiger partial charge in [0, 0.05) is 0 Å². The Morgan fingerprint density at radius 3 is 2.33 bits per heavy atom. The number of hydrogen-bond acceptors (Lipinski definition) is 0. The molecule has 0 nitrogen and oxygen atoms in total. The summed E-state index contributed by atoms with van der Waals surface area (Å²) in [5.74, 6) is 0. The van der Waals surface area contributed by atoms with E-state index in [1.165, 1.54) is 16.3 Å². The van der Waals surface area contributed by atoms with E-state index in [1.807, 2.05) is 0 Å². The van der Waals surface area contributed by atoms with Crippen molar-refractivity contribution in [1.29, 1.82) is 0 Å². The maximum Gasteiger partial charge on any atom is 0.0746 e. The van der Waals surface area contributed by atoms with Crippen LogP contribution in [0, 0.1) is 0 Å². The quantitative estimate of drug-likeness (QED) is 0.474. The zero-order chi connectivity index (χ0) is 10.9. The molecule has 0 unspecified atom stereocenters. The van der Waals surface area contributed by atoms with Gasteiger partial charge in [-0.3, -0.25) is 0 Å². The van der Waals surface area contributed by atoms with Gasteiger partial charge in [0.1, 0.15) is 0 Å². The molecule has 0 atom stereocenters. The van der Waals surface area contributed by atoms with E-state index < -0.39 is 0 Å². The first-order valence-corrected chi connectivity index (χ1v) is 7.06. The van der Waals surface area contributed by atoms with Crippen LogP contribution in [0.5, 0.6) is 0 Å². The second kappa shape index (κ2) is 4.57. The van der Waals surface area contributed by atoms with Gasteiger partial charge in [-0.1, -0.05) is 87.6 Å². The lowest BCUT2D eigenvalue weighted by Gasteiger charge is -2.14. The van der Waals surface area contributed by atoms with Crippen molar-refractivity contribution in [3.05, 3.63) is 48.0 Å². The normalized spacial score (nSPS) is 11.9. The maximum atomic E-state index is 2.49. The van der Waals surface area contributed by atoms with Gasteiger partial charge in [0.15, 0.2) is 0 Å². The van der Waals surface area contributed by atoms with E-state index in [-0.39, 0.29) is 0 Å². The summed E-state index contributed by atoms with van der Waals surface area (Å²) in [6.07, 6.45) is 1.11. The van der Waals surface area contributed by atoms with Crippen molar-refractivity contribution in [3.8, 4) is 0 Å². The monoisotopic (exact) mass is 422 g/mol. The molecule has 2 heteroatoms. The summed E-state index contributed by atoms with van der Waals surface area (Å²) in [7, 11) is 0. The van der Waals surface area contributed by atoms with Gasteiger partial charge in [-0.15, -0.1) is 0 Å². The first-order chi connectivity index (χ1) is 7.04. The van der Waals surface area contributed by atoms with Crippen LogP contribution in [0.3, 0.4) is 0 Å². The second-order valence-corrected chi connectivity index (χ2v) is 10.8. The third-order valence-corrected chi connectivity index (χ3v) is 3.09. The third-order valence-electron chi connectivity index (χ3n) is 2.33. The summed E-state index contributed by atoms with van der Waals surface area (Å²) in [6.45, 7) is 2.25. The molecule has 0 heterocycles. The van der Waals surface area contributed by atoms with Crippen molar-refractivity contribution in [3.63, 3.8) is 0 Å². The van der Waals surface area contributed by atoms with E-state index >= 15 is 0 Å². The highest BCUT2D eigenvalue weighted by Gasteiger charge is 2.15. The molecule has 0 saturated heterocycles. The second-order valence-electron chi connectivity index (χ2n) is 3.93. The minimum atomic E-state index is 0.304. The average molecular weight is 422 g/mol. The van der Waals surface area contributed by atoms with Crippen molar-refractivity contribution < 1.29 is 0 Å². The van der Waals surface area contributed by atoms with Gasteiger partial charge in [-0.05, 0) is 29.7 Å². The van der Waals surface area contributed by atoms with Crippen molar-refractivity contribution in [2.75, 3.05) is 0 Å². The van der Waals surface area contributed by atoms with Gasteiger partial charge in [0.25, 0.3) is 0 Å². The lowest BCUT2D eigenvalue weighted by molar-refractivity contribution is 0.952. The molecule has 0 radical (unpaired) electrons. The molecule has 78 valence electrons. The zero-order valence-corrected chi connectivity index (χ0v) is 12.8. The molecule has 2 aromatic carbocycles. The molecule has 0 bridgehead atoms. The minimum absolute atomic E-state index is 0.304. The predicted molar refractivity (Wildman–Crippen MR) is 84.1 cm³/mol. The largest absolute Gasteiger partial charge is 0.0746 e. The highest BCUT2D eigenvalue weighted by atomic mass is 127. The van der Waals surface area contributed by atoms with Crippen molar-refractivity contribution in [2.45, 2.75) is 14.8 Å². The molecule has 0 aliphatic heterocycles. The Morgan fingerprint density at radius 2 is 1.67 bits per heavy atom. The van der Waals surface area contributed by atoms with E-state index in [0.29, 0.717) is 1.43 Å². The van der Waals surface area contributed by atoms with E-state index in [1.54, 1.807) is 0 Å². The molecule has 15 heavy (non-hydrogen) atoms. The first kappa shape index (κ1) is 11.6. The Kier molecular flexibility index (Phi) is 3.55. The van der Waals surface area contributed by atoms with E-state index in [0.717, 1.165) is 6.42 Å². The Balaban J connectivity index is 2.39. The molecular weight excluding hydrogens is 410 g/mol. The smallest absolute Gasteiger partial charge is 0.0672 e. The van der Waals surface area contributed by atoms with Crippen LogP contribution in [0.4, 0.5) is 0 Å². The number of rotatable bonds is 2. The molecule has 0 spiro atoms. The highest BCUT2D eigenvalue weighted by molar-refractivity contribution is 14.2. The summed E-state index contributed by atoms with van der Waals surface area (Å²) in [5.41, 5.74) is 1.42. The van der Waals surface area contributed by atoms with Crippen LogP contribution in [0.2, 0.25) is 0 Å². The molecule has 0 aliphatic carbocycles. The molecule has 0 aromatic heterocycles. The fourth-order valence-electron chi connectivity index (χ4n) is 1.71. The molecule has 0 fully saturated rings. The first-order valence-electron chi connectivity index (χ1n) is 4.90. The fourth-order valence-corrected chi connectivity index (χ4v) is 2.59. The predicted octanol–water partition coefficient (Wildman–Crippen LogP) is 4.97. The molecule has 0 N–H and O–H groups in total. The highest BCUT2D eigenvalue weighted by Crippen LogP contribution is 2.31. The Morgan fingerprint density at radius 1 is 1.00 bits per heavy atom. The molecule has 0 aliphatic rings. The lowest BCUT2D eigenvalue weighted by Crippen LogP contribution is -2.08. The van der Waals surface area contributed by atoms with Crippen molar-refractivity contribution >= 4 is 56.0 Å². The van der Waals surface area contributed by atoms with E-state index in [4.69, 9.17) is 0 Å². The van der Waals surface area contributed by atoms with Crippen LogP contribution in [0.25, 0.3) is 10.8 Å². The molecule has 0 amide bonds. The van der Waals surface area contributed by atoms with Crippen molar-refractivity contribution in [1.82, 2.24) is 0 Å². The number of benzene rings is 2. The van der Waals surface area contributed by atoms with Gasteiger partial charge < -0.3 is 0 Å². The number of hydrogen-bond donors (Lipinski definition) is 0. The summed E-state index contributed by atoms with van der Waals surface area (Å²) in [4.78, 5) is 0. The Labute approximate surface area is 118 Å². The third kappa shape index (κ3) is 3.31. The van der Waals surface area contributed by atoms with Gasteiger partial charge in [0.2, 0.25) is 0 Å². The minimum Gasteiger partial charge on any atom is -0.0672 e. The fraction of sp³-hybridized carbons (Fsp3) is 0.231. The molecule has 0 saturated carbocycles. The number of halogens is 2. The van der Waals surface area contributed by atoms with Crippen LogP contribution >= 0.6 is 45.2 Å². The van der Waals surface area contributed by atoms with Crippen LogP contribution < -0.4 is 0 Å². The standard InChI is InChI=1S/C13H12I2/c1-13(14,15)9-10-6-7-11-4-2-3-5-12(11)8-10/h2-8H,9H2,1H3. The van der Waals surface area contributed by atoms with Gasteiger partial charge in [0.05, 0.1) is 1.43 Å². The summed E-state index contributed by atoms with van der Waals surface area (Å²) < 4.78 is 0.304. The number of alkyl halides is 2. The van der Waals surface area contributed by atoms with E-state index in [9.17, 15) is 0 Å². The Bertz CT molecular complexity index is 469. The molecular formula is C13H12I2. The lowest BCUT2D eigenvalue weighted by atomic mass is 10.0. The summed E-state index contributed by atoms with van der Waals surface area (Å²) in [6, 6.07) is 15.3. The Hall–Kier alpha value is 0.160. The van der Waals surface area contributed by atoms with Gasteiger partial charge in [-0.25, -0.2) is 0 Å². The number of fused-ring (bicyclic) bond motifs is 1. The van der Waals surface area contributed by atoms with Gasteiger partial charge >= 0.3 is 0 Å². The van der Waals surface area contributed by atoms with Crippen LogP contribution in [0.1, 0.15) is 12.5 Å². The van der Waals surface area contributed by atoms with Crippen LogP contribution in [-0.2, 0) is 6.42 Å². The van der Waals surface area contributed by atoms with Gasteiger partial charge in [-0.2, -0.15) is 0 Å². The summed E-state index contributed by atoms with van der Waals surface area (Å²) in [5, 5.41) is 2.66. The SMILES string of the molecule is CC(I)(I)Cc1ccc2ccccc2c1. The summed E-state index contributed by atoms with van der Waals surface area (Å²) >= 11 is 4.98. The van der Waals surface area contributed by atoms with Crippen LogP contribution in [-0.4, -0.2) is 1.43 Å². The topological polar surface area (TPSA) is 0 Å². The molecule has 2 rings (SSSR count). The van der Waals surface area contributed by atoms with Crippen LogP contribution in [0.15, 0.2) is 42.5 Å². The average Bonchev–Trinajstić information content (AvgIpc) is 2.15. The van der Waals surface area contributed by atoms with E-state index in [2.05, 4.69) is 94.6 Å². The van der Waals surface area contributed by atoms with Crippen molar-refractivity contribution in [2.24, 2.45) is 0 Å². The maximum absolute atomic E-state index is 2.49. The molecule has 2 aromatic rings. The zero-order valence-electron chi connectivity index (χ0n) is 8.50.